The second kappa shape index (κ2) is 18.4. The number of ether oxygens (including phenoxy) is 3. The van der Waals surface area contributed by atoms with Gasteiger partial charge in [-0.1, -0.05) is 49.8 Å². The Morgan fingerprint density at radius 3 is 2.43 bits per heavy atom. The zero-order chi connectivity index (χ0) is 38.8. The molecule has 2 aliphatic carbocycles. The van der Waals surface area contributed by atoms with E-state index >= 15 is 0 Å². The number of nitrogens with zero attached hydrogens (tertiary/aromatic N) is 2. The van der Waals surface area contributed by atoms with Crippen LogP contribution in [0.25, 0.3) is 0 Å². The lowest BCUT2D eigenvalue weighted by Gasteiger charge is -2.37. The lowest BCUT2D eigenvalue weighted by molar-refractivity contribution is -0.145. The fraction of sp³-hybridized carbons (Fsp3) is 0.564. The number of aliphatic hydroxyl groups is 1. The second-order valence-electron chi connectivity index (χ2n) is 15.0. The molecule has 53 heavy (non-hydrogen) atoms. The van der Waals surface area contributed by atoms with Gasteiger partial charge in [-0.3, -0.25) is 14.9 Å². The molecule has 6 atom stereocenters. The average Bonchev–Trinajstić information content (AvgIpc) is 3.51. The summed E-state index contributed by atoms with van der Waals surface area (Å²) in [6, 6.07) is 6.16. The van der Waals surface area contributed by atoms with Gasteiger partial charge in [-0.05, 0) is 90.5 Å². The number of para-hydroxylation sites is 1. The third-order valence-electron chi connectivity index (χ3n) is 9.12. The first-order valence-corrected chi connectivity index (χ1v) is 18.3. The van der Waals surface area contributed by atoms with E-state index in [2.05, 4.69) is 27.3 Å². The van der Waals surface area contributed by atoms with Crippen LogP contribution in [0.5, 0.6) is 5.75 Å². The number of aliphatic imine (C=N–C) groups is 1. The van der Waals surface area contributed by atoms with Crippen LogP contribution in [-0.4, -0.2) is 102 Å². The number of esters is 1. The Bertz CT molecular complexity index is 1570. The molecule has 14 heteroatoms. The van der Waals surface area contributed by atoms with E-state index in [1.54, 1.807) is 53.1 Å². The lowest BCUT2D eigenvalue weighted by Crippen LogP contribution is -2.62. The van der Waals surface area contributed by atoms with Crippen LogP contribution in [0.4, 0.5) is 4.79 Å². The predicted octanol–water partition coefficient (Wildman–Crippen LogP) is 3.62. The number of alkyl carbamates (subject to hydrolysis) is 1. The Morgan fingerprint density at radius 2 is 1.79 bits per heavy atom. The molecular formula is C39H56N6O8. The number of rotatable bonds is 16. The molecule has 290 valence electrons. The molecule has 14 nitrogen and oxygen atoms in total. The highest BCUT2D eigenvalue weighted by molar-refractivity contribution is 5.92. The molecule has 1 heterocycles. The Morgan fingerprint density at radius 1 is 1.06 bits per heavy atom. The van der Waals surface area contributed by atoms with E-state index in [-0.39, 0.29) is 24.6 Å². The van der Waals surface area contributed by atoms with Gasteiger partial charge in [0, 0.05) is 6.04 Å². The van der Waals surface area contributed by atoms with E-state index in [0.717, 1.165) is 17.7 Å². The van der Waals surface area contributed by atoms with Crippen LogP contribution in [-0.2, 0) is 23.9 Å². The summed E-state index contributed by atoms with van der Waals surface area (Å²) in [5.74, 6) is -0.764. The minimum atomic E-state index is -1.38. The van der Waals surface area contributed by atoms with Crippen molar-refractivity contribution in [1.82, 2.24) is 26.2 Å². The minimum Gasteiger partial charge on any atom is -0.491 e. The van der Waals surface area contributed by atoms with E-state index in [9.17, 15) is 24.3 Å². The number of allylic oxidation sites excluding steroid dienone is 3. The summed E-state index contributed by atoms with van der Waals surface area (Å²) in [6.45, 7) is 10.1. The Hall–Kier alpha value is -4.69. The maximum absolute atomic E-state index is 13.9. The molecule has 1 aromatic rings. The van der Waals surface area contributed by atoms with Gasteiger partial charge >= 0.3 is 12.1 Å². The van der Waals surface area contributed by atoms with Crippen molar-refractivity contribution in [3.8, 4) is 5.75 Å². The molecule has 0 saturated heterocycles. The van der Waals surface area contributed by atoms with Gasteiger partial charge in [0.1, 0.15) is 47.8 Å². The molecule has 0 radical (unpaired) electrons. The highest BCUT2D eigenvalue weighted by atomic mass is 16.6. The molecule has 0 spiro atoms. The number of aliphatic hydroxyl groups excluding tert-OH is 1. The van der Waals surface area contributed by atoms with Gasteiger partial charge in [0.2, 0.25) is 11.8 Å². The minimum absolute atomic E-state index is 0.0742. The summed E-state index contributed by atoms with van der Waals surface area (Å²) < 4.78 is 16.2. The maximum Gasteiger partial charge on any atom is 0.408 e. The zero-order valence-electron chi connectivity index (χ0n) is 31.9. The first kappa shape index (κ1) is 41.1. The van der Waals surface area contributed by atoms with E-state index in [4.69, 9.17) is 19.2 Å². The van der Waals surface area contributed by atoms with Gasteiger partial charge in [0.25, 0.3) is 0 Å². The molecule has 0 fully saturated rings. The zero-order valence-corrected chi connectivity index (χ0v) is 31.9. The summed E-state index contributed by atoms with van der Waals surface area (Å²) in [7, 11) is 1.31. The third kappa shape index (κ3) is 11.6. The van der Waals surface area contributed by atoms with E-state index < -0.39 is 53.5 Å². The molecule has 1 aliphatic heterocycles. The molecule has 3 aliphatic rings. The van der Waals surface area contributed by atoms with Gasteiger partial charge in [-0.2, -0.15) is 0 Å². The fourth-order valence-electron chi connectivity index (χ4n) is 6.40. The van der Waals surface area contributed by atoms with Gasteiger partial charge in [-0.15, -0.1) is 0 Å². The predicted molar refractivity (Wildman–Crippen MR) is 201 cm³/mol. The van der Waals surface area contributed by atoms with Gasteiger partial charge in [0.15, 0.2) is 0 Å². The number of benzene rings is 1. The maximum atomic E-state index is 13.9. The van der Waals surface area contributed by atoms with Crippen molar-refractivity contribution in [1.29, 1.82) is 0 Å². The molecule has 1 aromatic carbocycles. The summed E-state index contributed by atoms with van der Waals surface area (Å²) >= 11 is 0. The van der Waals surface area contributed by atoms with Crippen molar-refractivity contribution in [3.63, 3.8) is 0 Å². The SMILES string of the molecule is CCCC(NC(=O)[C@H](C1=CC=CCC1)N1C=NC2=CC(NC(O)[C@@H](COc3ccccc3)NC(=O)C(C)(C)NC(=O)OC(C)(C)C)CCC21)C(=O)OC. The number of methoxy groups -OCH3 is 1. The van der Waals surface area contributed by atoms with E-state index in [1.165, 1.54) is 7.11 Å². The number of hydrogen-bond donors (Lipinski definition) is 5. The standard InChI is InChI=1S/C39H56N6O8/c1-8-15-28(35(48)51-7)42-34(47)32(25-16-11-9-12-17-25)45-24-40-29-22-26(20-21-31(29)45)41-33(46)30(23-52-27-18-13-10-14-19-27)43-36(49)39(5,6)44-37(50)53-38(2,3)4/h9-11,13-14,16,18-19,22,24,26,28,30-33,41,46H,8,12,15,17,20-21,23H2,1-7H3,(H,42,47)(H,43,49)(H,44,50)/t26?,28?,30-,31?,32+,33?/m1/s1. The largest absolute Gasteiger partial charge is 0.491 e. The number of amides is 3. The van der Waals surface area contributed by atoms with Crippen molar-refractivity contribution < 1.29 is 38.5 Å². The van der Waals surface area contributed by atoms with Crippen LogP contribution in [0.15, 0.2) is 70.9 Å². The van der Waals surface area contributed by atoms with Crippen LogP contribution in [0, 0.1) is 0 Å². The van der Waals surface area contributed by atoms with Crippen LogP contribution in [0.3, 0.4) is 0 Å². The first-order valence-electron chi connectivity index (χ1n) is 18.3. The van der Waals surface area contributed by atoms with Crippen molar-refractivity contribution >= 4 is 30.2 Å². The van der Waals surface area contributed by atoms with Crippen molar-refractivity contribution in [2.45, 2.75) is 128 Å². The number of nitrogens with one attached hydrogen (secondary N) is 4. The Labute approximate surface area is 312 Å². The smallest absolute Gasteiger partial charge is 0.408 e. The van der Waals surface area contributed by atoms with Crippen LogP contribution in [0.2, 0.25) is 0 Å². The van der Waals surface area contributed by atoms with Crippen molar-refractivity contribution in [3.05, 3.63) is 65.9 Å². The second-order valence-corrected chi connectivity index (χ2v) is 15.0. The quantitative estimate of drug-likeness (QED) is 0.124. The van der Waals surface area contributed by atoms with Crippen LogP contribution < -0.4 is 26.0 Å². The molecule has 0 aromatic heterocycles. The first-order chi connectivity index (χ1) is 25.1. The summed E-state index contributed by atoms with van der Waals surface area (Å²) in [6.07, 6.45) is 11.4. The van der Waals surface area contributed by atoms with E-state index in [0.29, 0.717) is 37.9 Å². The monoisotopic (exact) mass is 736 g/mol. The summed E-state index contributed by atoms with van der Waals surface area (Å²) in [5.41, 5.74) is -0.465. The fourth-order valence-corrected chi connectivity index (χ4v) is 6.40. The molecule has 3 amide bonds. The van der Waals surface area contributed by atoms with Crippen LogP contribution in [0.1, 0.15) is 80.1 Å². The Kier molecular flexibility index (Phi) is 14.2. The number of carbonyl (C=O) groups excluding carboxylic acids is 4. The van der Waals surface area contributed by atoms with E-state index in [1.807, 2.05) is 48.3 Å². The average molecular weight is 737 g/mol. The normalized spacial score (nSPS) is 20.5. The van der Waals surface area contributed by atoms with Gasteiger partial charge in [-0.25, -0.2) is 14.6 Å². The lowest BCUT2D eigenvalue weighted by atomic mass is 9.90. The summed E-state index contributed by atoms with van der Waals surface area (Å²) in [4.78, 5) is 59.0. The summed E-state index contributed by atoms with van der Waals surface area (Å²) in [5, 5.41) is 23.1. The van der Waals surface area contributed by atoms with Gasteiger partial charge < -0.3 is 40.2 Å². The van der Waals surface area contributed by atoms with Gasteiger partial charge in [0.05, 0.1) is 25.2 Å². The molecule has 4 rings (SSSR count). The number of carbonyl (C=O) groups is 4. The number of hydrogen-bond acceptors (Lipinski definition) is 11. The molecule has 0 saturated carbocycles. The van der Waals surface area contributed by atoms with Crippen molar-refractivity contribution in [2.75, 3.05) is 13.7 Å². The van der Waals surface area contributed by atoms with Crippen molar-refractivity contribution in [2.24, 2.45) is 4.99 Å². The topological polar surface area (TPSA) is 180 Å². The molecule has 0 bridgehead atoms. The van der Waals surface area contributed by atoms with Crippen LogP contribution >= 0.6 is 0 Å². The molecular weight excluding hydrogens is 680 g/mol. The molecule has 5 N–H and O–H groups in total. The Balaban J connectivity index is 1.48. The third-order valence-corrected chi connectivity index (χ3v) is 9.12. The molecule has 4 unspecified atom stereocenters. The highest BCUT2D eigenvalue weighted by Gasteiger charge is 2.41. The number of fused-ring (bicyclic) bond motifs is 1. The highest BCUT2D eigenvalue weighted by Crippen LogP contribution is 2.33.